The summed E-state index contributed by atoms with van der Waals surface area (Å²) in [5, 5.41) is 6.35. The zero-order valence-electron chi connectivity index (χ0n) is 13.0. The van der Waals surface area contributed by atoms with E-state index in [1.165, 1.54) is 32.1 Å². The van der Waals surface area contributed by atoms with Crippen LogP contribution < -0.4 is 10.6 Å². The van der Waals surface area contributed by atoms with Crippen molar-refractivity contribution in [2.75, 3.05) is 36.8 Å². The van der Waals surface area contributed by atoms with Gasteiger partial charge in [-0.1, -0.05) is 19.8 Å². The molecule has 2 rings (SSSR count). The summed E-state index contributed by atoms with van der Waals surface area (Å²) in [5.41, 5.74) is 1.98. The van der Waals surface area contributed by atoms with E-state index in [0.29, 0.717) is 6.54 Å². The van der Waals surface area contributed by atoms with E-state index in [4.69, 9.17) is 0 Å². The Morgan fingerprint density at radius 1 is 1.10 bits per heavy atom. The second-order valence-corrected chi connectivity index (χ2v) is 5.74. The molecule has 1 aromatic rings. The number of unbranched alkanes of at least 4 members (excludes halogenated alkanes) is 1. The molecule has 0 spiro atoms. The minimum Gasteiger partial charge on any atom is -0.385 e. The molecule has 4 nitrogen and oxygen atoms in total. The Morgan fingerprint density at radius 3 is 2.43 bits per heavy atom. The van der Waals surface area contributed by atoms with Crippen LogP contribution in [0.4, 0.5) is 11.4 Å². The molecule has 1 fully saturated rings. The van der Waals surface area contributed by atoms with Gasteiger partial charge < -0.3 is 10.6 Å². The lowest BCUT2D eigenvalue weighted by Crippen LogP contribution is -2.36. The molecule has 116 valence electrons. The van der Waals surface area contributed by atoms with E-state index in [2.05, 4.69) is 22.5 Å². The number of anilines is 2. The average molecular weight is 289 g/mol. The summed E-state index contributed by atoms with van der Waals surface area (Å²) in [6.07, 6.45) is 6.09. The Labute approximate surface area is 127 Å². The summed E-state index contributed by atoms with van der Waals surface area (Å²) in [4.78, 5) is 14.2. The molecule has 0 atom stereocenters. The molecule has 1 aromatic carbocycles. The zero-order chi connectivity index (χ0) is 14.9. The molecule has 0 bridgehead atoms. The highest BCUT2D eigenvalue weighted by molar-refractivity contribution is 5.92. The van der Waals surface area contributed by atoms with Crippen molar-refractivity contribution in [1.82, 2.24) is 4.90 Å². The predicted molar refractivity (Wildman–Crippen MR) is 88.8 cm³/mol. The minimum absolute atomic E-state index is 0.0867. The van der Waals surface area contributed by atoms with E-state index in [0.717, 1.165) is 31.0 Å². The van der Waals surface area contributed by atoms with Crippen molar-refractivity contribution in [1.29, 1.82) is 0 Å². The molecule has 1 saturated heterocycles. The van der Waals surface area contributed by atoms with Gasteiger partial charge in [-0.15, -0.1) is 0 Å². The molecule has 1 heterocycles. The van der Waals surface area contributed by atoms with Gasteiger partial charge in [0, 0.05) is 17.9 Å². The molecule has 1 aliphatic rings. The highest BCUT2D eigenvalue weighted by atomic mass is 16.2. The van der Waals surface area contributed by atoms with Crippen LogP contribution in [0.1, 0.15) is 39.0 Å². The van der Waals surface area contributed by atoms with Crippen molar-refractivity contribution >= 4 is 17.3 Å². The van der Waals surface area contributed by atoms with Gasteiger partial charge in [0.2, 0.25) is 5.91 Å². The number of benzene rings is 1. The largest absolute Gasteiger partial charge is 0.385 e. The maximum Gasteiger partial charge on any atom is 0.238 e. The number of carbonyl (C=O) groups is 1. The van der Waals surface area contributed by atoms with Crippen LogP contribution in [0.15, 0.2) is 24.3 Å². The number of likely N-dealkylation sites (tertiary alicyclic amines) is 1. The fraction of sp³-hybridized carbons (Fsp3) is 0.588. The highest BCUT2D eigenvalue weighted by Gasteiger charge is 2.13. The second kappa shape index (κ2) is 8.67. The fourth-order valence-corrected chi connectivity index (χ4v) is 2.60. The van der Waals surface area contributed by atoms with Crippen LogP contribution in [0.25, 0.3) is 0 Å². The molecule has 0 saturated carbocycles. The summed E-state index contributed by atoms with van der Waals surface area (Å²) >= 11 is 0. The summed E-state index contributed by atoms with van der Waals surface area (Å²) in [5.74, 6) is 0.0867. The Bertz CT molecular complexity index is 424. The normalized spacial score (nSPS) is 15.7. The third kappa shape index (κ3) is 5.76. The van der Waals surface area contributed by atoms with E-state index in [1.54, 1.807) is 0 Å². The maximum atomic E-state index is 12.0. The molecule has 1 amide bonds. The Kier molecular flexibility index (Phi) is 6.54. The average Bonchev–Trinajstić information content (AvgIpc) is 2.50. The summed E-state index contributed by atoms with van der Waals surface area (Å²) in [6.45, 7) is 5.79. The van der Waals surface area contributed by atoms with Crippen molar-refractivity contribution in [3.63, 3.8) is 0 Å². The van der Waals surface area contributed by atoms with Crippen LogP contribution in [-0.2, 0) is 4.79 Å². The third-order valence-corrected chi connectivity index (χ3v) is 3.84. The first-order valence-corrected chi connectivity index (χ1v) is 8.14. The molecule has 0 unspecified atom stereocenters. The van der Waals surface area contributed by atoms with Gasteiger partial charge in [0.25, 0.3) is 0 Å². The lowest BCUT2D eigenvalue weighted by Gasteiger charge is -2.25. The first-order chi connectivity index (χ1) is 10.3. The van der Waals surface area contributed by atoms with E-state index >= 15 is 0 Å². The van der Waals surface area contributed by atoms with Crippen LogP contribution in [0.5, 0.6) is 0 Å². The van der Waals surface area contributed by atoms with Gasteiger partial charge in [-0.3, -0.25) is 9.69 Å². The van der Waals surface area contributed by atoms with Gasteiger partial charge in [0.15, 0.2) is 0 Å². The molecule has 4 heteroatoms. The standard InChI is InChI=1S/C17H27N3O/c1-2-3-11-18-15-7-9-16(10-8-15)19-17(21)14-20-12-5-4-6-13-20/h7-10,18H,2-6,11-14H2,1H3,(H,19,21). The van der Waals surface area contributed by atoms with Crippen LogP contribution in [-0.4, -0.2) is 37.0 Å². The zero-order valence-corrected chi connectivity index (χ0v) is 13.0. The molecule has 2 N–H and O–H groups in total. The Hall–Kier alpha value is -1.55. The summed E-state index contributed by atoms with van der Waals surface area (Å²) in [6, 6.07) is 7.96. The first-order valence-electron chi connectivity index (χ1n) is 8.14. The highest BCUT2D eigenvalue weighted by Crippen LogP contribution is 2.14. The number of carbonyl (C=O) groups excluding carboxylic acids is 1. The smallest absolute Gasteiger partial charge is 0.238 e. The molecule has 0 aliphatic carbocycles. The lowest BCUT2D eigenvalue weighted by atomic mass is 10.1. The molecule has 1 aliphatic heterocycles. The molecular weight excluding hydrogens is 262 g/mol. The Morgan fingerprint density at radius 2 is 1.76 bits per heavy atom. The van der Waals surface area contributed by atoms with Crippen LogP contribution in [0.2, 0.25) is 0 Å². The SMILES string of the molecule is CCCCNc1ccc(NC(=O)CN2CCCCC2)cc1. The quantitative estimate of drug-likeness (QED) is 0.757. The number of hydrogen-bond donors (Lipinski definition) is 2. The minimum atomic E-state index is 0.0867. The Balaban J connectivity index is 1.75. The number of hydrogen-bond acceptors (Lipinski definition) is 3. The van der Waals surface area contributed by atoms with Crippen molar-refractivity contribution < 1.29 is 4.79 Å². The topological polar surface area (TPSA) is 44.4 Å². The van der Waals surface area contributed by atoms with Crippen molar-refractivity contribution in [2.45, 2.75) is 39.0 Å². The van der Waals surface area contributed by atoms with Crippen molar-refractivity contribution in [2.24, 2.45) is 0 Å². The van der Waals surface area contributed by atoms with E-state index in [-0.39, 0.29) is 5.91 Å². The third-order valence-electron chi connectivity index (χ3n) is 3.84. The van der Waals surface area contributed by atoms with Gasteiger partial charge in [-0.2, -0.15) is 0 Å². The molecular formula is C17H27N3O. The van der Waals surface area contributed by atoms with E-state index in [9.17, 15) is 4.79 Å². The van der Waals surface area contributed by atoms with E-state index < -0.39 is 0 Å². The number of nitrogens with zero attached hydrogens (tertiary/aromatic N) is 1. The maximum absolute atomic E-state index is 12.0. The number of piperidine rings is 1. The van der Waals surface area contributed by atoms with Crippen LogP contribution >= 0.6 is 0 Å². The number of rotatable bonds is 7. The second-order valence-electron chi connectivity index (χ2n) is 5.74. The number of amides is 1. The van der Waals surface area contributed by atoms with Gasteiger partial charge >= 0.3 is 0 Å². The summed E-state index contributed by atoms with van der Waals surface area (Å²) in [7, 11) is 0. The molecule has 21 heavy (non-hydrogen) atoms. The van der Waals surface area contributed by atoms with Gasteiger partial charge in [-0.25, -0.2) is 0 Å². The summed E-state index contributed by atoms with van der Waals surface area (Å²) < 4.78 is 0. The van der Waals surface area contributed by atoms with Crippen molar-refractivity contribution in [3.8, 4) is 0 Å². The van der Waals surface area contributed by atoms with Crippen molar-refractivity contribution in [3.05, 3.63) is 24.3 Å². The lowest BCUT2D eigenvalue weighted by molar-refractivity contribution is -0.117. The first kappa shape index (κ1) is 15.8. The van der Waals surface area contributed by atoms with Gasteiger partial charge in [-0.05, 0) is 56.6 Å². The predicted octanol–water partition coefficient (Wildman–Crippen LogP) is 3.32. The fourth-order valence-electron chi connectivity index (χ4n) is 2.60. The van der Waals surface area contributed by atoms with Crippen LogP contribution in [0, 0.1) is 0 Å². The van der Waals surface area contributed by atoms with Gasteiger partial charge in [0.05, 0.1) is 6.54 Å². The van der Waals surface area contributed by atoms with Crippen LogP contribution in [0.3, 0.4) is 0 Å². The monoisotopic (exact) mass is 289 g/mol. The molecule has 0 aromatic heterocycles. The van der Waals surface area contributed by atoms with Gasteiger partial charge in [0.1, 0.15) is 0 Å². The number of nitrogens with one attached hydrogen (secondary N) is 2. The van der Waals surface area contributed by atoms with E-state index in [1.807, 2.05) is 24.3 Å². The molecule has 0 radical (unpaired) electrons.